The van der Waals surface area contributed by atoms with E-state index in [4.69, 9.17) is 4.74 Å². The van der Waals surface area contributed by atoms with Gasteiger partial charge in [0.15, 0.2) is 0 Å². The number of anilines is 1. The van der Waals surface area contributed by atoms with Crippen molar-refractivity contribution in [3.63, 3.8) is 0 Å². The van der Waals surface area contributed by atoms with Crippen LogP contribution in [0, 0.1) is 0 Å². The Kier molecular flexibility index (Phi) is 3.77. The van der Waals surface area contributed by atoms with Crippen LogP contribution in [0.15, 0.2) is 64.8 Å². The molecular weight excluding hydrogens is 354 g/mol. The van der Waals surface area contributed by atoms with E-state index in [1.807, 2.05) is 0 Å². The van der Waals surface area contributed by atoms with Crippen molar-refractivity contribution < 1.29 is 17.9 Å². The van der Waals surface area contributed by atoms with Gasteiger partial charge in [0, 0.05) is 11.6 Å². The monoisotopic (exact) mass is 369 g/mol. The minimum atomic E-state index is -3.84. The molecule has 7 nitrogen and oxygen atoms in total. The molecule has 0 spiro atoms. The molecule has 0 unspecified atom stereocenters. The van der Waals surface area contributed by atoms with E-state index in [-0.39, 0.29) is 22.5 Å². The van der Waals surface area contributed by atoms with Gasteiger partial charge in [-0.1, -0.05) is 18.2 Å². The van der Waals surface area contributed by atoms with Crippen molar-refractivity contribution in [2.75, 3.05) is 12.4 Å². The first-order chi connectivity index (χ1) is 12.5. The lowest BCUT2D eigenvalue weighted by atomic mass is 10.1. The molecule has 4 rings (SSSR count). The Hall–Kier alpha value is -3.13. The molecule has 3 aromatic rings. The normalized spacial score (nSPS) is 13.3. The van der Waals surface area contributed by atoms with Gasteiger partial charge in [0.2, 0.25) is 20.9 Å². The van der Waals surface area contributed by atoms with E-state index in [1.54, 1.807) is 36.4 Å². The first-order valence-electron chi connectivity index (χ1n) is 7.84. The molecule has 0 saturated carbocycles. The number of nitrogens with zero attached hydrogens (tertiary/aromatic N) is 2. The van der Waals surface area contributed by atoms with Gasteiger partial charge in [0.25, 0.3) is 0 Å². The molecular formula is C18H15N3O4S. The van der Waals surface area contributed by atoms with Crippen LogP contribution >= 0.6 is 0 Å². The number of fused-ring (bicyclic) bond motifs is 3. The molecule has 0 aliphatic carbocycles. The second kappa shape index (κ2) is 5.99. The van der Waals surface area contributed by atoms with Gasteiger partial charge in [-0.25, -0.2) is 13.4 Å². The fourth-order valence-electron chi connectivity index (χ4n) is 2.96. The highest BCUT2D eigenvalue weighted by molar-refractivity contribution is 7.91. The number of amides is 1. The predicted molar refractivity (Wildman–Crippen MR) is 94.7 cm³/mol. The Labute approximate surface area is 150 Å². The van der Waals surface area contributed by atoms with Crippen molar-refractivity contribution >= 4 is 21.4 Å². The highest BCUT2D eigenvalue weighted by Gasteiger charge is 2.29. The summed E-state index contributed by atoms with van der Waals surface area (Å²) < 4.78 is 32.5. The van der Waals surface area contributed by atoms with Crippen molar-refractivity contribution in [3.05, 3.63) is 54.7 Å². The maximum absolute atomic E-state index is 13.0. The summed E-state index contributed by atoms with van der Waals surface area (Å²) in [6.45, 7) is -0.145. The van der Waals surface area contributed by atoms with Crippen LogP contribution in [0.25, 0.3) is 11.3 Å². The first kappa shape index (κ1) is 16.3. The fourth-order valence-corrected chi connectivity index (χ4v) is 4.33. The van der Waals surface area contributed by atoms with Crippen molar-refractivity contribution in [1.82, 2.24) is 9.55 Å². The van der Waals surface area contributed by atoms with Gasteiger partial charge in [0.05, 0.1) is 29.6 Å². The second-order valence-corrected chi connectivity index (χ2v) is 7.63. The van der Waals surface area contributed by atoms with Crippen LogP contribution in [0.1, 0.15) is 0 Å². The molecule has 1 amide bonds. The molecule has 0 bridgehead atoms. The van der Waals surface area contributed by atoms with Crippen LogP contribution in [0.4, 0.5) is 5.69 Å². The number of methoxy groups -OCH3 is 1. The quantitative estimate of drug-likeness (QED) is 0.765. The summed E-state index contributed by atoms with van der Waals surface area (Å²) in [7, 11) is -2.31. The number of carbonyl (C=O) groups excluding carboxylic acids is 1. The topological polar surface area (TPSA) is 90.3 Å². The molecule has 132 valence electrons. The Bertz CT molecular complexity index is 1100. The molecule has 2 heterocycles. The highest BCUT2D eigenvalue weighted by Crippen LogP contribution is 2.35. The number of carbonyl (C=O) groups is 1. The number of hydrogen-bond donors (Lipinski definition) is 1. The van der Waals surface area contributed by atoms with Gasteiger partial charge in [-0.15, -0.1) is 0 Å². The zero-order valence-electron chi connectivity index (χ0n) is 13.8. The molecule has 1 aromatic heterocycles. The molecule has 0 saturated heterocycles. The molecule has 1 aliphatic heterocycles. The number of aromatic nitrogens is 2. The van der Waals surface area contributed by atoms with E-state index in [1.165, 1.54) is 30.0 Å². The summed E-state index contributed by atoms with van der Waals surface area (Å²) in [4.78, 5) is 16.6. The molecule has 0 atom stereocenters. The maximum atomic E-state index is 13.0. The predicted octanol–water partition coefficient (Wildman–Crippen LogP) is 2.34. The average molecular weight is 369 g/mol. The van der Waals surface area contributed by atoms with E-state index in [2.05, 4.69) is 10.3 Å². The lowest BCUT2D eigenvalue weighted by molar-refractivity contribution is -0.116. The maximum Gasteiger partial charge on any atom is 0.244 e. The summed E-state index contributed by atoms with van der Waals surface area (Å²) in [5.74, 6) is 0.259. The molecule has 2 aromatic carbocycles. The Morgan fingerprint density at radius 2 is 1.92 bits per heavy atom. The van der Waals surface area contributed by atoms with Crippen LogP contribution in [0.3, 0.4) is 0 Å². The number of rotatable bonds is 3. The van der Waals surface area contributed by atoms with Gasteiger partial charge >= 0.3 is 0 Å². The van der Waals surface area contributed by atoms with Crippen molar-refractivity contribution in [3.8, 4) is 17.0 Å². The Morgan fingerprint density at radius 3 is 2.65 bits per heavy atom. The molecule has 8 heteroatoms. The number of nitrogens with one attached hydrogen (secondary N) is 1. The van der Waals surface area contributed by atoms with Gasteiger partial charge < -0.3 is 14.6 Å². The minimum Gasteiger partial charge on any atom is -0.497 e. The van der Waals surface area contributed by atoms with Crippen LogP contribution < -0.4 is 10.1 Å². The smallest absolute Gasteiger partial charge is 0.244 e. The lowest BCUT2D eigenvalue weighted by Gasteiger charge is -2.09. The lowest BCUT2D eigenvalue weighted by Crippen LogP contribution is -2.20. The van der Waals surface area contributed by atoms with Crippen molar-refractivity contribution in [2.24, 2.45) is 0 Å². The number of sulfone groups is 1. The third-order valence-electron chi connectivity index (χ3n) is 4.19. The number of benzene rings is 2. The summed E-state index contributed by atoms with van der Waals surface area (Å²) in [6, 6.07) is 13.3. The van der Waals surface area contributed by atoms with Crippen LogP contribution in [-0.4, -0.2) is 31.0 Å². The van der Waals surface area contributed by atoms with E-state index < -0.39 is 9.84 Å². The summed E-state index contributed by atoms with van der Waals surface area (Å²) >= 11 is 0. The average Bonchev–Trinajstić information content (AvgIpc) is 3.00. The molecule has 0 fully saturated rings. The van der Waals surface area contributed by atoms with E-state index in [0.717, 1.165) is 0 Å². The summed E-state index contributed by atoms with van der Waals surface area (Å²) in [6.07, 6.45) is 1.47. The van der Waals surface area contributed by atoms with Crippen molar-refractivity contribution in [2.45, 2.75) is 16.6 Å². The van der Waals surface area contributed by atoms with Gasteiger partial charge in [0.1, 0.15) is 12.3 Å². The summed E-state index contributed by atoms with van der Waals surface area (Å²) in [5, 5.41) is 2.63. The highest BCUT2D eigenvalue weighted by atomic mass is 32.2. The van der Waals surface area contributed by atoms with Crippen LogP contribution in [-0.2, 0) is 21.2 Å². The summed E-state index contributed by atoms with van der Waals surface area (Å²) in [5.41, 5.74) is 1.78. The zero-order valence-corrected chi connectivity index (χ0v) is 14.7. The largest absolute Gasteiger partial charge is 0.497 e. The fraction of sp³-hybridized carbons (Fsp3) is 0.111. The minimum absolute atomic E-state index is 0.132. The third-order valence-corrected chi connectivity index (χ3v) is 5.89. The molecule has 1 aliphatic rings. The van der Waals surface area contributed by atoms with Gasteiger partial charge in [-0.05, 0) is 24.3 Å². The number of ether oxygens (including phenoxy) is 1. The van der Waals surface area contributed by atoms with E-state index in [9.17, 15) is 13.2 Å². The van der Waals surface area contributed by atoms with Gasteiger partial charge in [-0.2, -0.15) is 0 Å². The van der Waals surface area contributed by atoms with E-state index in [0.29, 0.717) is 22.7 Å². The van der Waals surface area contributed by atoms with Crippen LogP contribution in [0.2, 0.25) is 0 Å². The second-order valence-electron chi connectivity index (χ2n) is 5.79. The molecule has 26 heavy (non-hydrogen) atoms. The van der Waals surface area contributed by atoms with Gasteiger partial charge in [-0.3, -0.25) is 4.79 Å². The first-order valence-corrected chi connectivity index (χ1v) is 9.33. The molecule has 1 N–H and O–H groups in total. The SMILES string of the molecule is COc1ccc2c(c1)NC(=O)Cn1c-2cnc1S(=O)(=O)c1ccccc1. The van der Waals surface area contributed by atoms with E-state index >= 15 is 0 Å². The number of hydrogen-bond acceptors (Lipinski definition) is 5. The standard InChI is InChI=1S/C18H15N3O4S/c1-25-12-7-8-14-15(9-12)20-17(22)11-21-16(14)10-19-18(21)26(23,24)13-5-3-2-4-6-13/h2-10H,11H2,1H3,(H,20,22). The Morgan fingerprint density at radius 1 is 1.15 bits per heavy atom. The van der Waals surface area contributed by atoms with Crippen LogP contribution in [0.5, 0.6) is 5.75 Å². The Balaban J connectivity index is 1.91. The zero-order chi connectivity index (χ0) is 18.3. The molecule has 0 radical (unpaired) electrons. The van der Waals surface area contributed by atoms with Crippen molar-refractivity contribution in [1.29, 1.82) is 0 Å². The number of imidazole rings is 1. The third kappa shape index (κ3) is 2.55.